The van der Waals surface area contributed by atoms with Crippen LogP contribution >= 0.6 is 0 Å². The average molecular weight is 283 g/mol. The summed E-state index contributed by atoms with van der Waals surface area (Å²) in [7, 11) is 0. The Morgan fingerprint density at radius 3 is 2.70 bits per heavy atom. The summed E-state index contributed by atoms with van der Waals surface area (Å²) in [6, 6.07) is 0. The van der Waals surface area contributed by atoms with Crippen LogP contribution in [0.1, 0.15) is 49.6 Å². The molecule has 0 saturated carbocycles. The number of aromatic nitrogens is 3. The number of carboxylic acids is 1. The molecule has 0 radical (unpaired) electrons. The summed E-state index contributed by atoms with van der Waals surface area (Å²) in [4.78, 5) is 26.0. The van der Waals surface area contributed by atoms with Crippen LogP contribution in [-0.2, 0) is 4.79 Å². The van der Waals surface area contributed by atoms with Crippen LogP contribution in [0.5, 0.6) is 0 Å². The zero-order valence-electron chi connectivity index (χ0n) is 11.6. The molecule has 1 rings (SSSR count). The van der Waals surface area contributed by atoms with Gasteiger partial charge in [-0.15, -0.1) is 5.10 Å². The van der Waals surface area contributed by atoms with Crippen molar-refractivity contribution in [3.8, 4) is 0 Å². The van der Waals surface area contributed by atoms with Crippen molar-refractivity contribution in [3.63, 3.8) is 0 Å². The fraction of sp³-hybridized carbons (Fsp3) is 0.667. The lowest BCUT2D eigenvalue weighted by Crippen LogP contribution is -2.27. The Hall–Kier alpha value is -2.12. The van der Waals surface area contributed by atoms with Gasteiger partial charge in [-0.25, -0.2) is 0 Å². The smallest absolute Gasteiger partial charge is 0.303 e. The molecular weight excluding hydrogens is 262 g/mol. The highest BCUT2D eigenvalue weighted by Gasteiger charge is 2.13. The van der Waals surface area contributed by atoms with Crippen molar-refractivity contribution in [2.45, 2.75) is 39.0 Å². The molecule has 0 aliphatic rings. The zero-order chi connectivity index (χ0) is 15.0. The number of hydrogen-bond acceptors (Lipinski definition) is 5. The molecule has 5 N–H and O–H groups in total. The van der Waals surface area contributed by atoms with E-state index in [1.807, 2.05) is 0 Å². The number of hydrogen-bond donors (Lipinski definition) is 4. The van der Waals surface area contributed by atoms with Gasteiger partial charge in [-0.3, -0.25) is 14.7 Å². The Labute approximate surface area is 117 Å². The van der Waals surface area contributed by atoms with E-state index in [1.54, 1.807) is 0 Å². The first-order valence-electron chi connectivity index (χ1n) is 6.70. The lowest BCUT2D eigenvalue weighted by Gasteiger charge is -2.15. The van der Waals surface area contributed by atoms with Gasteiger partial charge in [-0.1, -0.05) is 19.8 Å². The number of carbonyl (C=O) groups excluding carboxylic acids is 1. The molecule has 0 saturated heterocycles. The predicted molar refractivity (Wildman–Crippen MR) is 73.0 cm³/mol. The number of amides is 1. The maximum atomic E-state index is 11.7. The van der Waals surface area contributed by atoms with E-state index in [4.69, 9.17) is 10.8 Å². The molecule has 20 heavy (non-hydrogen) atoms. The molecule has 0 aliphatic carbocycles. The molecule has 0 aliphatic heterocycles. The summed E-state index contributed by atoms with van der Waals surface area (Å²) in [5.74, 6) is -0.730. The fourth-order valence-corrected chi connectivity index (χ4v) is 2.02. The second-order valence-electron chi connectivity index (χ2n) is 4.67. The Morgan fingerprint density at radius 2 is 2.15 bits per heavy atom. The topological polar surface area (TPSA) is 134 Å². The number of rotatable bonds is 9. The number of aromatic amines is 1. The van der Waals surface area contributed by atoms with Crippen molar-refractivity contribution < 1.29 is 14.7 Å². The Morgan fingerprint density at radius 1 is 1.40 bits per heavy atom. The second-order valence-corrected chi connectivity index (χ2v) is 4.67. The van der Waals surface area contributed by atoms with Gasteiger partial charge >= 0.3 is 5.97 Å². The van der Waals surface area contributed by atoms with E-state index in [9.17, 15) is 9.59 Å². The van der Waals surface area contributed by atoms with Gasteiger partial charge in [0.1, 0.15) is 0 Å². The Bertz CT molecular complexity index is 446. The highest BCUT2D eigenvalue weighted by Crippen LogP contribution is 2.17. The number of carbonyl (C=O) groups is 2. The molecule has 1 amide bonds. The van der Waals surface area contributed by atoms with Crippen LogP contribution in [0.4, 0.5) is 5.95 Å². The summed E-state index contributed by atoms with van der Waals surface area (Å²) in [6.07, 6.45) is 3.50. The number of nitrogens with two attached hydrogens (primary N) is 1. The SMILES string of the molecule is CCCC(CCNC(=O)c1nc(N)n[nH]1)CCC(=O)O. The van der Waals surface area contributed by atoms with Gasteiger partial charge in [-0.2, -0.15) is 4.98 Å². The van der Waals surface area contributed by atoms with E-state index in [2.05, 4.69) is 27.4 Å². The summed E-state index contributed by atoms with van der Waals surface area (Å²) in [5, 5.41) is 17.4. The molecule has 1 unspecified atom stereocenters. The minimum atomic E-state index is -0.785. The van der Waals surface area contributed by atoms with Crippen molar-refractivity contribution >= 4 is 17.8 Å². The third kappa shape index (κ3) is 5.68. The second kappa shape index (κ2) is 8.13. The molecule has 0 fully saturated rings. The van der Waals surface area contributed by atoms with E-state index in [0.717, 1.165) is 19.3 Å². The number of nitrogens with one attached hydrogen (secondary N) is 2. The highest BCUT2D eigenvalue weighted by molar-refractivity contribution is 5.90. The molecular formula is C12H21N5O3. The minimum Gasteiger partial charge on any atom is -0.481 e. The maximum absolute atomic E-state index is 11.7. The van der Waals surface area contributed by atoms with Gasteiger partial charge < -0.3 is 16.2 Å². The molecule has 1 heterocycles. The largest absolute Gasteiger partial charge is 0.481 e. The van der Waals surface area contributed by atoms with Crippen molar-refractivity contribution in [1.82, 2.24) is 20.5 Å². The van der Waals surface area contributed by atoms with Gasteiger partial charge in [-0.05, 0) is 18.8 Å². The first-order chi connectivity index (χ1) is 9.52. The van der Waals surface area contributed by atoms with Crippen LogP contribution in [-0.4, -0.2) is 38.7 Å². The summed E-state index contributed by atoms with van der Waals surface area (Å²) in [6.45, 7) is 2.54. The predicted octanol–water partition coefficient (Wildman–Crippen LogP) is 0.788. The van der Waals surface area contributed by atoms with Crippen LogP contribution in [0, 0.1) is 5.92 Å². The molecule has 1 atom stereocenters. The van der Waals surface area contributed by atoms with E-state index >= 15 is 0 Å². The Balaban J connectivity index is 2.32. The van der Waals surface area contributed by atoms with Gasteiger partial charge in [0.15, 0.2) is 0 Å². The number of H-pyrrole nitrogens is 1. The van der Waals surface area contributed by atoms with E-state index in [0.29, 0.717) is 18.9 Å². The lowest BCUT2D eigenvalue weighted by atomic mass is 9.94. The van der Waals surface area contributed by atoms with Crippen LogP contribution in [0.2, 0.25) is 0 Å². The van der Waals surface area contributed by atoms with Crippen LogP contribution < -0.4 is 11.1 Å². The monoisotopic (exact) mass is 283 g/mol. The summed E-state index contributed by atoms with van der Waals surface area (Å²) >= 11 is 0. The minimum absolute atomic E-state index is 0.0282. The molecule has 8 heteroatoms. The van der Waals surface area contributed by atoms with Gasteiger partial charge in [0, 0.05) is 13.0 Å². The number of nitrogens with zero attached hydrogens (tertiary/aromatic N) is 2. The van der Waals surface area contributed by atoms with E-state index < -0.39 is 5.97 Å². The van der Waals surface area contributed by atoms with Crippen molar-refractivity contribution in [2.24, 2.45) is 5.92 Å². The van der Waals surface area contributed by atoms with Crippen molar-refractivity contribution in [3.05, 3.63) is 5.82 Å². The standard InChI is InChI=1S/C12H21N5O3/c1-2-3-8(4-5-9(18)19)6-7-14-11(20)10-15-12(13)17-16-10/h8H,2-7H2,1H3,(H,14,20)(H,18,19)(H3,13,15,16,17). The molecule has 0 bridgehead atoms. The van der Waals surface area contributed by atoms with Crippen LogP contribution in [0.15, 0.2) is 0 Å². The lowest BCUT2D eigenvalue weighted by molar-refractivity contribution is -0.137. The first-order valence-corrected chi connectivity index (χ1v) is 6.70. The summed E-state index contributed by atoms with van der Waals surface area (Å²) in [5.41, 5.74) is 5.31. The van der Waals surface area contributed by atoms with Gasteiger partial charge in [0.25, 0.3) is 5.91 Å². The van der Waals surface area contributed by atoms with Gasteiger partial charge in [0.05, 0.1) is 0 Å². The van der Waals surface area contributed by atoms with Gasteiger partial charge in [0.2, 0.25) is 11.8 Å². The number of aliphatic carboxylic acids is 1. The van der Waals surface area contributed by atoms with E-state index in [-0.39, 0.29) is 24.1 Å². The molecule has 112 valence electrons. The number of nitrogen functional groups attached to an aromatic ring is 1. The molecule has 0 aromatic carbocycles. The average Bonchev–Trinajstić information content (AvgIpc) is 2.82. The number of anilines is 1. The maximum Gasteiger partial charge on any atom is 0.303 e. The third-order valence-electron chi connectivity index (χ3n) is 3.02. The third-order valence-corrected chi connectivity index (χ3v) is 3.02. The Kier molecular flexibility index (Phi) is 6.48. The molecule has 1 aromatic heterocycles. The zero-order valence-corrected chi connectivity index (χ0v) is 11.6. The quantitative estimate of drug-likeness (QED) is 0.529. The molecule has 1 aromatic rings. The normalized spacial score (nSPS) is 12.1. The number of carboxylic acid groups (broad SMARTS) is 1. The van der Waals surface area contributed by atoms with Crippen molar-refractivity contribution in [2.75, 3.05) is 12.3 Å². The molecule has 0 spiro atoms. The van der Waals surface area contributed by atoms with Crippen LogP contribution in [0.3, 0.4) is 0 Å². The van der Waals surface area contributed by atoms with Crippen LogP contribution in [0.25, 0.3) is 0 Å². The first kappa shape index (κ1) is 15.9. The highest BCUT2D eigenvalue weighted by atomic mass is 16.4. The summed E-state index contributed by atoms with van der Waals surface area (Å²) < 4.78 is 0. The van der Waals surface area contributed by atoms with Crippen molar-refractivity contribution in [1.29, 1.82) is 0 Å². The molecule has 8 nitrogen and oxygen atoms in total. The van der Waals surface area contributed by atoms with E-state index in [1.165, 1.54) is 0 Å². The fourth-order valence-electron chi connectivity index (χ4n) is 2.02.